The topological polar surface area (TPSA) is 59.4 Å². The van der Waals surface area contributed by atoms with E-state index in [4.69, 9.17) is 11.6 Å². The van der Waals surface area contributed by atoms with Gasteiger partial charge in [-0.15, -0.1) is 0 Å². The van der Waals surface area contributed by atoms with E-state index in [0.29, 0.717) is 21.7 Å². The van der Waals surface area contributed by atoms with Crippen LogP contribution in [0.1, 0.15) is 21.5 Å². The van der Waals surface area contributed by atoms with E-state index in [1.54, 1.807) is 48.7 Å². The smallest absolute Gasteiger partial charge is 0.293 e. The quantitative estimate of drug-likeness (QED) is 0.178. The Morgan fingerprint density at radius 2 is 1.78 bits per heavy atom. The highest BCUT2D eigenvalue weighted by atomic mass is 79.9. The Labute approximate surface area is 223 Å². The fraction of sp³-hybridized carbons (Fsp3) is 0.0741. The third-order valence-corrected chi connectivity index (χ3v) is 7.63. The first kappa shape index (κ1) is 24.5. The number of carbonyl (C=O) groups is 3. The minimum Gasteiger partial charge on any atom is -0.342 e. The molecule has 2 heterocycles. The van der Waals surface area contributed by atoms with E-state index in [1.165, 1.54) is 6.07 Å². The van der Waals surface area contributed by atoms with Crippen molar-refractivity contribution in [1.29, 1.82) is 0 Å². The molecule has 1 aliphatic rings. The van der Waals surface area contributed by atoms with Crippen LogP contribution in [0.5, 0.6) is 0 Å². The van der Waals surface area contributed by atoms with Gasteiger partial charge < -0.3 is 4.57 Å². The number of ketones is 1. The van der Waals surface area contributed by atoms with E-state index in [0.717, 1.165) is 32.0 Å². The SMILES string of the molecule is O=C(CN1C(=O)S/C(=C/c2cn(Cc3c(F)cccc3Cl)c3ccccc23)C1=O)c1ccc(Br)cc1. The molecule has 1 saturated heterocycles. The molecule has 0 spiro atoms. The molecule has 36 heavy (non-hydrogen) atoms. The van der Waals surface area contributed by atoms with Gasteiger partial charge in [-0.05, 0) is 48.2 Å². The van der Waals surface area contributed by atoms with Crippen LogP contribution in [-0.4, -0.2) is 32.9 Å². The van der Waals surface area contributed by atoms with Crippen molar-refractivity contribution in [3.05, 3.63) is 110 Å². The van der Waals surface area contributed by atoms with Gasteiger partial charge in [0.15, 0.2) is 5.78 Å². The molecule has 0 bridgehead atoms. The number of fused-ring (bicyclic) bond motifs is 1. The third-order valence-electron chi connectivity index (χ3n) is 5.84. The summed E-state index contributed by atoms with van der Waals surface area (Å²) in [4.78, 5) is 39.5. The molecule has 9 heteroatoms. The van der Waals surface area contributed by atoms with Gasteiger partial charge in [0.25, 0.3) is 11.1 Å². The number of hydrogen-bond donors (Lipinski definition) is 0. The lowest BCUT2D eigenvalue weighted by atomic mass is 10.1. The number of para-hydroxylation sites is 1. The monoisotopic (exact) mass is 582 g/mol. The molecule has 1 fully saturated rings. The molecule has 0 radical (unpaired) electrons. The molecule has 5 nitrogen and oxygen atoms in total. The van der Waals surface area contributed by atoms with E-state index < -0.39 is 17.0 Å². The number of nitrogens with zero attached hydrogens (tertiary/aromatic N) is 2. The van der Waals surface area contributed by atoms with E-state index >= 15 is 0 Å². The van der Waals surface area contributed by atoms with Crippen molar-refractivity contribution in [3.63, 3.8) is 0 Å². The summed E-state index contributed by atoms with van der Waals surface area (Å²) in [7, 11) is 0. The highest BCUT2D eigenvalue weighted by Gasteiger charge is 2.36. The second-order valence-corrected chi connectivity index (χ2v) is 10.4. The summed E-state index contributed by atoms with van der Waals surface area (Å²) in [5.74, 6) is -1.26. The molecule has 0 atom stereocenters. The van der Waals surface area contributed by atoms with Gasteiger partial charge in [0.1, 0.15) is 5.82 Å². The standard InChI is InChI=1S/C27H17BrClFN2O3S/c28-18-10-8-16(9-11-18)24(33)15-32-26(34)25(36-27(32)35)12-17-13-31(23-7-2-1-4-19(17)23)14-20-21(29)5-3-6-22(20)30/h1-13H,14-15H2/b25-12+. The van der Waals surface area contributed by atoms with Gasteiger partial charge in [-0.25, -0.2) is 4.39 Å². The average Bonchev–Trinajstić information content (AvgIpc) is 3.34. The first-order valence-electron chi connectivity index (χ1n) is 10.9. The second kappa shape index (κ2) is 10.0. The molecule has 0 unspecified atom stereocenters. The summed E-state index contributed by atoms with van der Waals surface area (Å²) in [6.45, 7) is -0.139. The van der Waals surface area contributed by atoms with Crippen molar-refractivity contribution in [1.82, 2.24) is 9.47 Å². The predicted molar refractivity (Wildman–Crippen MR) is 144 cm³/mol. The summed E-state index contributed by atoms with van der Waals surface area (Å²) in [5, 5.41) is 0.659. The Morgan fingerprint density at radius 3 is 2.53 bits per heavy atom. The van der Waals surface area contributed by atoms with Gasteiger partial charge in [0, 0.05) is 43.3 Å². The average molecular weight is 584 g/mol. The molecule has 5 rings (SSSR count). The highest BCUT2D eigenvalue weighted by molar-refractivity contribution is 9.10. The number of halogens is 3. The van der Waals surface area contributed by atoms with Gasteiger partial charge in [0.2, 0.25) is 0 Å². The van der Waals surface area contributed by atoms with Crippen molar-refractivity contribution in [2.75, 3.05) is 6.54 Å². The van der Waals surface area contributed by atoms with Gasteiger partial charge in [0.05, 0.1) is 18.0 Å². The number of rotatable bonds is 6. The lowest BCUT2D eigenvalue weighted by Crippen LogP contribution is -2.33. The molecule has 4 aromatic rings. The molecule has 1 aliphatic heterocycles. The number of imide groups is 1. The fourth-order valence-electron chi connectivity index (χ4n) is 4.02. The maximum Gasteiger partial charge on any atom is 0.293 e. The summed E-state index contributed by atoms with van der Waals surface area (Å²) in [6, 6.07) is 18.8. The lowest BCUT2D eigenvalue weighted by molar-refractivity contribution is -0.122. The first-order chi connectivity index (χ1) is 17.3. The summed E-state index contributed by atoms with van der Waals surface area (Å²) >= 11 is 10.3. The number of Topliss-reactive ketones (excluding diaryl/α,β-unsaturated/α-hetero) is 1. The minimum atomic E-state index is -0.524. The Hall–Kier alpha value is -3.20. The Balaban J connectivity index is 1.44. The number of aromatic nitrogens is 1. The van der Waals surface area contributed by atoms with Crippen molar-refractivity contribution in [2.24, 2.45) is 0 Å². The highest BCUT2D eigenvalue weighted by Crippen LogP contribution is 2.35. The molecule has 1 aromatic heterocycles. The number of benzene rings is 3. The zero-order valence-electron chi connectivity index (χ0n) is 18.6. The Morgan fingerprint density at radius 1 is 1.03 bits per heavy atom. The summed E-state index contributed by atoms with van der Waals surface area (Å²) in [6.07, 6.45) is 3.44. The van der Waals surface area contributed by atoms with Crippen LogP contribution < -0.4 is 0 Å². The third kappa shape index (κ3) is 4.76. The molecular formula is C27H17BrClFN2O3S. The van der Waals surface area contributed by atoms with Crippen molar-refractivity contribution in [3.8, 4) is 0 Å². The van der Waals surface area contributed by atoms with Crippen LogP contribution in [0.3, 0.4) is 0 Å². The minimum absolute atomic E-state index is 0.197. The summed E-state index contributed by atoms with van der Waals surface area (Å²) < 4.78 is 17.1. The van der Waals surface area contributed by atoms with Crippen LogP contribution >= 0.6 is 39.3 Å². The van der Waals surface area contributed by atoms with Crippen molar-refractivity contribution < 1.29 is 18.8 Å². The lowest BCUT2D eigenvalue weighted by Gasteiger charge is -2.11. The summed E-state index contributed by atoms with van der Waals surface area (Å²) in [5.41, 5.74) is 2.30. The van der Waals surface area contributed by atoms with E-state index in [9.17, 15) is 18.8 Å². The van der Waals surface area contributed by atoms with E-state index in [2.05, 4.69) is 15.9 Å². The van der Waals surface area contributed by atoms with Crippen LogP contribution in [-0.2, 0) is 11.3 Å². The van der Waals surface area contributed by atoms with E-state index in [-0.39, 0.29) is 23.8 Å². The molecule has 2 amide bonds. The van der Waals surface area contributed by atoms with Gasteiger partial charge >= 0.3 is 0 Å². The maximum absolute atomic E-state index is 14.4. The molecule has 0 aliphatic carbocycles. The van der Waals surface area contributed by atoms with Crippen LogP contribution in [0.25, 0.3) is 17.0 Å². The molecule has 180 valence electrons. The van der Waals surface area contributed by atoms with Crippen LogP contribution in [0.4, 0.5) is 9.18 Å². The zero-order valence-corrected chi connectivity index (χ0v) is 21.7. The van der Waals surface area contributed by atoms with Gasteiger partial charge in [-0.1, -0.05) is 63.9 Å². The molecular weight excluding hydrogens is 567 g/mol. The number of amides is 2. The molecule has 3 aromatic carbocycles. The first-order valence-corrected chi connectivity index (χ1v) is 12.9. The van der Waals surface area contributed by atoms with Crippen LogP contribution in [0, 0.1) is 5.82 Å². The van der Waals surface area contributed by atoms with Gasteiger partial charge in [-0.2, -0.15) is 0 Å². The van der Waals surface area contributed by atoms with Gasteiger partial charge in [-0.3, -0.25) is 19.3 Å². The zero-order chi connectivity index (χ0) is 25.4. The largest absolute Gasteiger partial charge is 0.342 e. The van der Waals surface area contributed by atoms with Crippen molar-refractivity contribution >= 4 is 73.2 Å². The predicted octanol–water partition coefficient (Wildman–Crippen LogP) is 7.16. The van der Waals surface area contributed by atoms with Crippen LogP contribution in [0.15, 0.2) is 82.3 Å². The van der Waals surface area contributed by atoms with E-state index in [1.807, 2.05) is 28.8 Å². The maximum atomic E-state index is 14.4. The molecule has 0 N–H and O–H groups in total. The van der Waals surface area contributed by atoms with Crippen LogP contribution in [0.2, 0.25) is 5.02 Å². The molecule has 0 saturated carbocycles. The normalized spacial score (nSPS) is 14.9. The number of hydrogen-bond acceptors (Lipinski definition) is 4. The number of carbonyl (C=O) groups excluding carboxylic acids is 3. The number of thioether (sulfide) groups is 1. The Bertz CT molecular complexity index is 1550. The fourth-order valence-corrected chi connectivity index (χ4v) is 5.34. The Kier molecular flexibility index (Phi) is 6.83. The van der Waals surface area contributed by atoms with Crippen molar-refractivity contribution in [2.45, 2.75) is 6.54 Å². The second-order valence-electron chi connectivity index (χ2n) is 8.13.